The third-order valence-electron chi connectivity index (χ3n) is 12.1. The van der Waals surface area contributed by atoms with Crippen molar-refractivity contribution in [1.82, 2.24) is 68.1 Å². The number of H-pyrrole nitrogens is 2. The summed E-state index contributed by atoms with van der Waals surface area (Å²) in [4.78, 5) is 154. The Balaban J connectivity index is 0.00000227. The van der Waals surface area contributed by atoms with E-state index in [1.807, 2.05) is 18.2 Å². The lowest BCUT2D eigenvalue weighted by molar-refractivity contribution is -0.135. The molecule has 2 aromatic carbocycles. The van der Waals surface area contributed by atoms with Crippen LogP contribution in [0, 0.1) is 10.8 Å². The Morgan fingerprint density at radius 1 is 0.663 bits per heavy atom. The third kappa shape index (κ3) is 26.9. The van der Waals surface area contributed by atoms with Gasteiger partial charge in [0.25, 0.3) is 11.9 Å². The number of hydrogen-bond donors (Lipinski definition) is 19. The number of rotatable bonds is 18. The summed E-state index contributed by atoms with van der Waals surface area (Å²) in [5.74, 6) is -9.93. The number of hydrogen-bond acceptors (Lipinski definition) is 16. The van der Waals surface area contributed by atoms with Crippen LogP contribution >= 0.6 is 21.6 Å². The van der Waals surface area contributed by atoms with Gasteiger partial charge in [-0.15, -0.1) is 0 Å². The number of aliphatic carboxylic acids is 2. The van der Waals surface area contributed by atoms with Crippen molar-refractivity contribution in [2.45, 2.75) is 121 Å². The van der Waals surface area contributed by atoms with E-state index in [2.05, 4.69) is 68.1 Å². The fourth-order valence-corrected chi connectivity index (χ4v) is 10.4. The number of nitrogens with two attached hydrogens (primary N) is 3. The van der Waals surface area contributed by atoms with Crippen LogP contribution in [0.4, 0.5) is 0 Å². The predicted molar refractivity (Wildman–Crippen MR) is 320 cm³/mol. The molecular weight excluding hydrogens is 1160 g/mol. The van der Waals surface area contributed by atoms with Crippen molar-refractivity contribution in [3.8, 4) is 0 Å². The first kappa shape index (κ1) is 70.9. The molecule has 0 aliphatic carbocycles. The largest absolute Gasteiger partial charge is 0.481 e. The van der Waals surface area contributed by atoms with Crippen LogP contribution < -0.4 is 70.4 Å². The maximum atomic E-state index is 14.6. The second-order valence-electron chi connectivity index (χ2n) is 19.3. The van der Waals surface area contributed by atoms with E-state index in [-0.39, 0.29) is 81.5 Å². The predicted octanol–water partition coefficient (Wildman–Crippen LogP) is -2.57. The van der Waals surface area contributed by atoms with Crippen LogP contribution in [0.25, 0.3) is 10.9 Å². The number of imidazole rings is 1. The van der Waals surface area contributed by atoms with E-state index >= 15 is 0 Å². The Hall–Kier alpha value is -9.40. The molecule has 9 amide bonds. The zero-order valence-electron chi connectivity index (χ0n) is 47.7. The number of carbonyl (C=O) groups excluding carboxylic acids is 9. The van der Waals surface area contributed by atoms with E-state index in [1.54, 1.807) is 42.6 Å². The summed E-state index contributed by atoms with van der Waals surface area (Å²) in [6, 6.07) is 5.10. The first-order valence-corrected chi connectivity index (χ1v) is 29.3. The van der Waals surface area contributed by atoms with Crippen molar-refractivity contribution in [1.29, 1.82) is 10.8 Å². The molecule has 31 nitrogen and oxygen atoms in total. The molecular formula is C53H76N18O13S2. The number of fused-ring (bicyclic) bond motifs is 1. The van der Waals surface area contributed by atoms with Gasteiger partial charge in [-0.25, -0.2) is 4.98 Å². The van der Waals surface area contributed by atoms with Crippen LogP contribution in [0.2, 0.25) is 0 Å². The smallest absolute Gasteiger partial charge is 0.300 e. The van der Waals surface area contributed by atoms with E-state index in [0.717, 1.165) is 46.3 Å². The summed E-state index contributed by atoms with van der Waals surface area (Å²) in [7, 11) is 2.01. The molecule has 2 aromatic heterocycles. The molecule has 1 aliphatic heterocycles. The molecule has 0 spiro atoms. The van der Waals surface area contributed by atoms with E-state index in [4.69, 9.17) is 47.8 Å². The molecule has 1 aliphatic rings. The summed E-state index contributed by atoms with van der Waals surface area (Å²) < 4.78 is 0. The standard InChI is InChI=1S/C49H68N18O9S2.2C2H4O2/c1-26-41(70)63-37(20-30-22-55-25-59-30)46(75)64-35(18-28-10-4-3-5-11-28)44(73)62-34(15-9-17-57-49(53)54)43(72)65-36(19-29-21-58-32-13-7-6-12-31(29)32)45(74)66-38(40(50)69)23-77-78-24-39(47(76)60-26)67-42(71)33(61-27(2)68)14-8-16-56-48(51)52;2*1-2(3)4/h3-7,10-13,21-22,25-26,33-39,58H,8-9,14-20,23-24H2,1-2H3,(H2,50,69)(H,55,59)(H,60,76)(H,61,68)(H,62,73)(H,63,70)(H,64,75)(H,65,72)(H,66,74)(H,67,71)(H4,51,52,56)(H4,53,54,57);2*1H3,(H,3,4)/t26-,33+,34+,35-,36+,37+,38+,39+;;/m1../s1. The van der Waals surface area contributed by atoms with Crippen molar-refractivity contribution < 1.29 is 63.0 Å². The van der Waals surface area contributed by atoms with Crippen molar-refractivity contribution >= 4 is 110 Å². The van der Waals surface area contributed by atoms with E-state index in [9.17, 15) is 43.2 Å². The van der Waals surface area contributed by atoms with E-state index in [1.165, 1.54) is 26.4 Å². The van der Waals surface area contributed by atoms with Gasteiger partial charge < -0.3 is 90.5 Å². The highest BCUT2D eigenvalue weighted by Crippen LogP contribution is 2.24. The van der Waals surface area contributed by atoms with Gasteiger partial charge in [0.15, 0.2) is 11.9 Å². The lowest BCUT2D eigenvalue weighted by Crippen LogP contribution is -2.61. The molecule has 1 saturated heterocycles. The molecule has 22 N–H and O–H groups in total. The van der Waals surface area contributed by atoms with Gasteiger partial charge in [0.05, 0.1) is 12.0 Å². The maximum absolute atomic E-state index is 14.6. The van der Waals surface area contributed by atoms with Crippen LogP contribution in [0.3, 0.4) is 0 Å². The number of nitrogens with zero attached hydrogens (tertiary/aromatic N) is 1. The number of aromatic amines is 2. The Labute approximate surface area is 502 Å². The highest BCUT2D eigenvalue weighted by Gasteiger charge is 2.35. The lowest BCUT2D eigenvalue weighted by atomic mass is 10.0. The van der Waals surface area contributed by atoms with Crippen molar-refractivity contribution in [2.24, 2.45) is 17.2 Å². The highest BCUT2D eigenvalue weighted by molar-refractivity contribution is 8.76. The number of primary amides is 1. The minimum absolute atomic E-state index is 0.0571. The molecule has 1 fully saturated rings. The molecule has 0 radical (unpaired) electrons. The van der Waals surface area contributed by atoms with Gasteiger partial charge in [-0.1, -0.05) is 70.1 Å². The molecule has 3 heterocycles. The molecule has 33 heteroatoms. The number of carboxylic acid groups (broad SMARTS) is 2. The first-order chi connectivity index (χ1) is 40.7. The zero-order chi connectivity index (χ0) is 63.9. The van der Waals surface area contributed by atoms with Crippen molar-refractivity contribution in [2.75, 3.05) is 24.6 Å². The average Bonchev–Trinajstić information content (AvgIpc) is 4.28. The summed E-state index contributed by atoms with van der Waals surface area (Å²) in [6.45, 7) is 5.03. The number of amides is 9. The fourth-order valence-electron chi connectivity index (χ4n) is 8.10. The summed E-state index contributed by atoms with van der Waals surface area (Å²) in [5.41, 5.74) is 19.1. The number of guanidine groups is 2. The third-order valence-corrected chi connectivity index (χ3v) is 14.6. The molecule has 468 valence electrons. The Kier molecular flexibility index (Phi) is 30.5. The van der Waals surface area contributed by atoms with Crippen LogP contribution in [0.5, 0.6) is 0 Å². The normalized spacial score (nSPS) is 20.3. The van der Waals surface area contributed by atoms with Crippen molar-refractivity contribution in [3.63, 3.8) is 0 Å². The van der Waals surface area contributed by atoms with Gasteiger partial charge in [0.2, 0.25) is 53.2 Å². The number of aromatic nitrogens is 3. The summed E-state index contributed by atoms with van der Waals surface area (Å²) in [5, 5.41) is 57.3. The van der Waals surface area contributed by atoms with Gasteiger partial charge >= 0.3 is 0 Å². The molecule has 86 heavy (non-hydrogen) atoms. The zero-order valence-corrected chi connectivity index (χ0v) is 49.3. The summed E-state index contributed by atoms with van der Waals surface area (Å²) in [6.07, 6.45) is 4.59. The average molecular weight is 1240 g/mol. The van der Waals surface area contributed by atoms with Crippen LogP contribution in [0.15, 0.2) is 73.3 Å². The van der Waals surface area contributed by atoms with Gasteiger partial charge in [-0.3, -0.25) is 63.6 Å². The number of nitrogens with one attached hydrogen (secondary N) is 14. The second-order valence-corrected chi connectivity index (χ2v) is 21.9. The monoisotopic (exact) mass is 1240 g/mol. The highest BCUT2D eigenvalue weighted by atomic mass is 33.1. The van der Waals surface area contributed by atoms with Crippen LogP contribution in [-0.2, 0) is 72.0 Å². The topological polar surface area (TPSA) is 519 Å². The first-order valence-electron chi connectivity index (χ1n) is 26.8. The van der Waals surface area contributed by atoms with Crippen LogP contribution in [0.1, 0.15) is 70.2 Å². The van der Waals surface area contributed by atoms with E-state index in [0.29, 0.717) is 16.8 Å². The molecule has 8 atom stereocenters. The van der Waals surface area contributed by atoms with Gasteiger partial charge in [-0.05, 0) is 49.8 Å². The number of benzene rings is 2. The Bertz CT molecular complexity index is 2950. The van der Waals surface area contributed by atoms with Gasteiger partial charge in [0.1, 0.15) is 48.3 Å². The van der Waals surface area contributed by atoms with Gasteiger partial charge in [-0.2, -0.15) is 0 Å². The molecule has 0 unspecified atom stereocenters. The number of carboxylic acids is 2. The molecule has 0 bridgehead atoms. The minimum atomic E-state index is -1.41. The van der Waals surface area contributed by atoms with Crippen LogP contribution in [-0.4, -0.2) is 175 Å². The molecule has 5 rings (SSSR count). The SMILES string of the molecule is CC(=O)N[C@@H](CCCNC(=N)N)C(=O)N[C@H]1CSSC[C@@H](C(N)=O)NC(=O)[C@H](Cc2c[nH]c3ccccc23)NC(=O)[C@H](CCCNC(=N)N)NC(=O)[C@@H](Cc2ccccc2)NC(=O)[C@H](Cc2c[nH]cn2)NC(=O)[C@@H](C)NC1=O.CC(=O)O.CC(=O)O. The number of para-hydroxylation sites is 1. The fraction of sp³-hybridized carbons (Fsp3) is 0.434. The quantitative estimate of drug-likeness (QED) is 0.0211. The lowest BCUT2D eigenvalue weighted by Gasteiger charge is -2.27. The molecule has 0 saturated carbocycles. The Morgan fingerprint density at radius 2 is 1.20 bits per heavy atom. The minimum Gasteiger partial charge on any atom is -0.481 e. The Morgan fingerprint density at radius 3 is 1.79 bits per heavy atom. The molecule has 4 aromatic rings. The van der Waals surface area contributed by atoms with Gasteiger partial charge in [0, 0.05) is 87.9 Å². The number of carbonyl (C=O) groups is 11. The van der Waals surface area contributed by atoms with E-state index < -0.39 is 113 Å². The van der Waals surface area contributed by atoms with Crippen molar-refractivity contribution in [3.05, 3.63) is 90.1 Å². The maximum Gasteiger partial charge on any atom is 0.300 e. The summed E-state index contributed by atoms with van der Waals surface area (Å²) >= 11 is 0. The second kappa shape index (κ2) is 37.0.